The predicted octanol–water partition coefficient (Wildman–Crippen LogP) is 3.16. The first-order valence-corrected chi connectivity index (χ1v) is 10.5. The number of para-hydroxylation sites is 1. The average molecular weight is 450 g/mol. The number of esters is 1. The molecular formula is C24H26N4O5. The molecule has 0 bridgehead atoms. The summed E-state index contributed by atoms with van der Waals surface area (Å²) in [6.07, 6.45) is 2.80. The van der Waals surface area contributed by atoms with Crippen molar-refractivity contribution in [2.75, 3.05) is 13.2 Å². The summed E-state index contributed by atoms with van der Waals surface area (Å²) in [5.74, 6) is -1.26. The van der Waals surface area contributed by atoms with Crippen LogP contribution < -0.4 is 11.3 Å². The zero-order chi connectivity index (χ0) is 24.0. The number of hydrogen-bond acceptors (Lipinski definition) is 6. The summed E-state index contributed by atoms with van der Waals surface area (Å²) in [5, 5.41) is 8.38. The van der Waals surface area contributed by atoms with E-state index in [2.05, 4.69) is 14.5 Å². The zero-order valence-electron chi connectivity index (χ0n) is 18.5. The van der Waals surface area contributed by atoms with Crippen LogP contribution in [0.2, 0.25) is 0 Å². The Morgan fingerprint density at radius 1 is 1.21 bits per heavy atom. The number of nitrogens with two attached hydrogens (primary N) is 1. The van der Waals surface area contributed by atoms with Crippen molar-refractivity contribution in [2.45, 2.75) is 26.8 Å². The fraction of sp³-hybridized carbons (Fsp3) is 0.250. The number of aromatic nitrogens is 3. The fourth-order valence-electron chi connectivity index (χ4n) is 3.49. The summed E-state index contributed by atoms with van der Waals surface area (Å²) in [5.41, 5.74) is 9.00. The van der Waals surface area contributed by atoms with Crippen molar-refractivity contribution in [2.24, 2.45) is 5.73 Å². The van der Waals surface area contributed by atoms with Crippen LogP contribution in [0.15, 0.2) is 53.5 Å². The number of aromatic amines is 1. The van der Waals surface area contributed by atoms with Crippen molar-refractivity contribution in [3.63, 3.8) is 0 Å². The summed E-state index contributed by atoms with van der Waals surface area (Å²) in [7, 11) is 0. The minimum atomic E-state index is -0.833. The van der Waals surface area contributed by atoms with Gasteiger partial charge in [0.15, 0.2) is 0 Å². The second-order valence-corrected chi connectivity index (χ2v) is 7.28. The number of fused-ring (bicyclic) bond motifs is 2. The maximum Gasteiger partial charge on any atom is 0.338 e. The summed E-state index contributed by atoms with van der Waals surface area (Å²) in [4.78, 5) is 41.3. The molecule has 2 aromatic carbocycles. The minimum Gasteiger partial charge on any atom is -0.481 e. The second kappa shape index (κ2) is 10.6. The molecule has 0 amide bonds. The van der Waals surface area contributed by atoms with Crippen molar-refractivity contribution in [1.29, 1.82) is 0 Å². The van der Waals surface area contributed by atoms with Gasteiger partial charge in [0.2, 0.25) is 0 Å². The number of carbonyl (C=O) groups is 2. The van der Waals surface area contributed by atoms with Crippen molar-refractivity contribution in [3.8, 4) is 11.3 Å². The van der Waals surface area contributed by atoms with Crippen molar-refractivity contribution in [1.82, 2.24) is 14.5 Å². The number of H-pyrrole nitrogens is 1. The van der Waals surface area contributed by atoms with E-state index in [-0.39, 0.29) is 5.56 Å². The number of carbonyl (C=O) groups excluding carboxylic acids is 1. The van der Waals surface area contributed by atoms with E-state index in [4.69, 9.17) is 20.4 Å². The van der Waals surface area contributed by atoms with Crippen molar-refractivity contribution in [3.05, 3.63) is 64.6 Å². The molecule has 4 aromatic rings. The van der Waals surface area contributed by atoms with Gasteiger partial charge >= 0.3 is 5.97 Å². The molecule has 2 aromatic heterocycles. The van der Waals surface area contributed by atoms with Crippen LogP contribution in [0.4, 0.5) is 0 Å². The molecule has 172 valence electrons. The number of benzene rings is 2. The third-order valence-corrected chi connectivity index (χ3v) is 4.85. The molecule has 0 atom stereocenters. The summed E-state index contributed by atoms with van der Waals surface area (Å²) in [6.45, 7) is 4.49. The lowest BCUT2D eigenvalue weighted by atomic mass is 10.1. The zero-order valence-corrected chi connectivity index (χ0v) is 18.5. The first-order valence-electron chi connectivity index (χ1n) is 10.5. The highest BCUT2D eigenvalue weighted by Gasteiger charge is 2.16. The maximum absolute atomic E-state index is 12.8. The first kappa shape index (κ1) is 23.7. The van der Waals surface area contributed by atoms with Gasteiger partial charge in [-0.05, 0) is 44.2 Å². The number of hydrogen-bond donors (Lipinski definition) is 3. The van der Waals surface area contributed by atoms with Crippen molar-refractivity contribution < 1.29 is 19.4 Å². The molecule has 0 aliphatic carbocycles. The van der Waals surface area contributed by atoms with Gasteiger partial charge in [0.1, 0.15) is 5.69 Å². The lowest BCUT2D eigenvalue weighted by molar-refractivity contribution is -0.134. The molecule has 9 heteroatoms. The molecule has 0 unspecified atom stereocenters. The quantitative estimate of drug-likeness (QED) is 0.383. The Kier molecular flexibility index (Phi) is 7.57. The van der Waals surface area contributed by atoms with Gasteiger partial charge in [-0.2, -0.15) is 0 Å². The Labute approximate surface area is 189 Å². The van der Waals surface area contributed by atoms with E-state index in [1.54, 1.807) is 25.1 Å². The van der Waals surface area contributed by atoms with Crippen LogP contribution in [0.3, 0.4) is 0 Å². The highest BCUT2D eigenvalue weighted by atomic mass is 16.5. The monoisotopic (exact) mass is 450 g/mol. The van der Waals surface area contributed by atoms with E-state index in [0.29, 0.717) is 35.4 Å². The van der Waals surface area contributed by atoms with E-state index < -0.39 is 11.9 Å². The lowest BCUT2D eigenvalue weighted by Crippen LogP contribution is -2.12. The number of nitrogens with zero attached hydrogens (tertiary/aromatic N) is 2. The van der Waals surface area contributed by atoms with E-state index in [0.717, 1.165) is 36.4 Å². The second-order valence-electron chi connectivity index (χ2n) is 7.28. The number of carboxylic acid groups (broad SMARTS) is 1. The van der Waals surface area contributed by atoms with Gasteiger partial charge in [0, 0.05) is 36.1 Å². The topological polar surface area (TPSA) is 140 Å². The van der Waals surface area contributed by atoms with E-state index in [1.807, 2.05) is 30.5 Å². The lowest BCUT2D eigenvalue weighted by Gasteiger charge is -2.05. The van der Waals surface area contributed by atoms with Gasteiger partial charge in [-0.25, -0.2) is 9.78 Å². The van der Waals surface area contributed by atoms with Crippen LogP contribution in [0, 0.1) is 0 Å². The molecule has 0 saturated carbocycles. The summed E-state index contributed by atoms with van der Waals surface area (Å²) in [6, 6.07) is 12.9. The van der Waals surface area contributed by atoms with Gasteiger partial charge in [0.05, 0.1) is 23.2 Å². The van der Waals surface area contributed by atoms with E-state index >= 15 is 0 Å². The highest BCUT2D eigenvalue weighted by molar-refractivity contribution is 5.97. The molecule has 0 aliphatic rings. The molecule has 0 aliphatic heterocycles. The van der Waals surface area contributed by atoms with Gasteiger partial charge in [-0.1, -0.05) is 18.2 Å². The molecule has 2 heterocycles. The van der Waals surface area contributed by atoms with Crippen LogP contribution in [0.1, 0.15) is 30.6 Å². The number of aryl methyl sites for hydroxylation is 1. The first-order chi connectivity index (χ1) is 15.8. The number of aliphatic carboxylic acids is 1. The SMILES string of the molecule is CC(=O)O.CCOC(=O)c1ccc2nc(-c3cn(CCCN)c4ccccc34)c(=O)[nH]c2c1. The Bertz CT molecular complexity index is 1350. The maximum atomic E-state index is 12.8. The van der Waals surface area contributed by atoms with Gasteiger partial charge in [-0.3, -0.25) is 9.59 Å². The number of rotatable bonds is 6. The molecular weight excluding hydrogens is 424 g/mol. The van der Waals surface area contributed by atoms with E-state index in [1.165, 1.54) is 0 Å². The molecule has 4 N–H and O–H groups in total. The fourth-order valence-corrected chi connectivity index (χ4v) is 3.49. The van der Waals surface area contributed by atoms with Crippen LogP contribution >= 0.6 is 0 Å². The van der Waals surface area contributed by atoms with E-state index in [9.17, 15) is 9.59 Å². The molecule has 9 nitrogen and oxygen atoms in total. The highest BCUT2D eigenvalue weighted by Crippen LogP contribution is 2.28. The molecule has 0 saturated heterocycles. The van der Waals surface area contributed by atoms with Crippen molar-refractivity contribution >= 4 is 33.9 Å². The number of nitrogens with one attached hydrogen (secondary N) is 1. The Morgan fingerprint density at radius 2 is 1.94 bits per heavy atom. The average Bonchev–Trinajstić information content (AvgIpc) is 3.15. The Hall–Kier alpha value is -3.98. The molecule has 0 fully saturated rings. The largest absolute Gasteiger partial charge is 0.481 e. The summed E-state index contributed by atoms with van der Waals surface area (Å²) < 4.78 is 7.12. The standard InChI is InChI=1S/C22H22N4O3.C2H4O2/c1-2-29-22(28)14-8-9-17-18(12-14)25-21(27)20(24-17)16-13-26(11-5-10-23)19-7-4-3-6-15(16)19;1-2(3)4/h3-4,6-9,12-13H,2,5,10-11,23H2,1H3,(H,25,27);1H3,(H,3,4). The minimum absolute atomic E-state index is 0.290. The summed E-state index contributed by atoms with van der Waals surface area (Å²) >= 11 is 0. The normalized spacial score (nSPS) is 10.6. The third-order valence-electron chi connectivity index (χ3n) is 4.85. The van der Waals surface area contributed by atoms with Crippen LogP contribution in [-0.2, 0) is 16.1 Å². The van der Waals surface area contributed by atoms with Crippen LogP contribution in [-0.4, -0.2) is 44.7 Å². The van der Waals surface area contributed by atoms with Crippen LogP contribution in [0.5, 0.6) is 0 Å². The van der Waals surface area contributed by atoms with Crippen LogP contribution in [0.25, 0.3) is 33.2 Å². The molecule has 4 rings (SSSR count). The predicted molar refractivity (Wildman–Crippen MR) is 126 cm³/mol. The smallest absolute Gasteiger partial charge is 0.338 e. The number of ether oxygens (including phenoxy) is 1. The van der Waals surface area contributed by atoms with Gasteiger partial charge in [0.25, 0.3) is 11.5 Å². The Balaban J connectivity index is 0.000000709. The molecule has 0 radical (unpaired) electrons. The third kappa shape index (κ3) is 5.45. The Morgan fingerprint density at radius 3 is 2.64 bits per heavy atom. The molecule has 0 spiro atoms. The van der Waals surface area contributed by atoms with Gasteiger partial charge < -0.3 is 25.1 Å². The molecule has 33 heavy (non-hydrogen) atoms. The number of carboxylic acids is 1. The van der Waals surface area contributed by atoms with Gasteiger partial charge in [-0.15, -0.1) is 0 Å².